The molecular formula is C23H14N2O4. The number of benzene rings is 3. The van der Waals surface area contributed by atoms with Crippen LogP contribution in [0.4, 0.5) is 11.4 Å². The Bertz CT molecular complexity index is 1190. The molecule has 0 unspecified atom stereocenters. The smallest absolute Gasteiger partial charge is 0.266 e. The summed E-state index contributed by atoms with van der Waals surface area (Å²) in [5, 5.41) is 0. The van der Waals surface area contributed by atoms with E-state index in [1.807, 2.05) is 6.92 Å². The van der Waals surface area contributed by atoms with Gasteiger partial charge in [0.1, 0.15) is 0 Å². The molecule has 0 aliphatic carbocycles. The lowest BCUT2D eigenvalue weighted by molar-refractivity contribution is 0.0904. The molecule has 2 heterocycles. The maximum atomic E-state index is 13.0. The van der Waals surface area contributed by atoms with E-state index in [9.17, 15) is 19.2 Å². The lowest BCUT2D eigenvalue weighted by Gasteiger charge is -2.23. The van der Waals surface area contributed by atoms with Gasteiger partial charge in [0.2, 0.25) is 0 Å². The molecule has 2 aliphatic rings. The van der Waals surface area contributed by atoms with E-state index >= 15 is 0 Å². The Balaban J connectivity index is 1.68. The highest BCUT2D eigenvalue weighted by Crippen LogP contribution is 2.39. The van der Waals surface area contributed by atoms with Crippen LogP contribution < -0.4 is 9.80 Å². The van der Waals surface area contributed by atoms with Crippen molar-refractivity contribution in [3.63, 3.8) is 0 Å². The Morgan fingerprint density at radius 1 is 0.517 bits per heavy atom. The number of aryl methyl sites for hydroxylation is 1. The summed E-state index contributed by atoms with van der Waals surface area (Å²) in [4.78, 5) is 54.0. The van der Waals surface area contributed by atoms with Gasteiger partial charge in [0.05, 0.1) is 33.6 Å². The van der Waals surface area contributed by atoms with Gasteiger partial charge in [-0.1, -0.05) is 30.3 Å². The molecule has 6 heteroatoms. The Kier molecular flexibility index (Phi) is 3.51. The summed E-state index contributed by atoms with van der Waals surface area (Å²) in [7, 11) is 0. The highest BCUT2D eigenvalue weighted by Gasteiger charge is 2.42. The Morgan fingerprint density at radius 3 is 1.31 bits per heavy atom. The first kappa shape index (κ1) is 17.1. The summed E-state index contributed by atoms with van der Waals surface area (Å²) >= 11 is 0. The van der Waals surface area contributed by atoms with E-state index in [0.29, 0.717) is 22.3 Å². The number of carbonyl (C=O) groups is 4. The van der Waals surface area contributed by atoms with Crippen LogP contribution in [0.3, 0.4) is 0 Å². The molecule has 29 heavy (non-hydrogen) atoms. The number of anilines is 2. The summed E-state index contributed by atoms with van der Waals surface area (Å²) in [6.07, 6.45) is 0. The zero-order valence-electron chi connectivity index (χ0n) is 15.4. The number of rotatable bonds is 2. The van der Waals surface area contributed by atoms with Crippen molar-refractivity contribution >= 4 is 35.0 Å². The van der Waals surface area contributed by atoms with Crippen LogP contribution in [-0.4, -0.2) is 23.6 Å². The molecule has 0 atom stereocenters. The molecule has 6 nitrogen and oxygen atoms in total. The third-order valence-corrected chi connectivity index (χ3v) is 5.20. The van der Waals surface area contributed by atoms with Crippen molar-refractivity contribution in [1.82, 2.24) is 0 Å². The summed E-state index contributed by atoms with van der Waals surface area (Å²) < 4.78 is 0. The highest BCUT2D eigenvalue weighted by molar-refractivity contribution is 6.38. The Labute approximate surface area is 166 Å². The molecule has 5 rings (SSSR count). The number of amides is 4. The molecule has 0 fully saturated rings. The molecule has 2 aliphatic heterocycles. The van der Waals surface area contributed by atoms with Crippen LogP contribution in [0.5, 0.6) is 0 Å². The third-order valence-electron chi connectivity index (χ3n) is 5.20. The average Bonchev–Trinajstić information content (AvgIpc) is 3.13. The van der Waals surface area contributed by atoms with Crippen LogP contribution in [0.2, 0.25) is 0 Å². The van der Waals surface area contributed by atoms with Crippen molar-refractivity contribution in [2.75, 3.05) is 9.80 Å². The third kappa shape index (κ3) is 2.29. The van der Waals surface area contributed by atoms with Crippen molar-refractivity contribution in [2.24, 2.45) is 0 Å². The maximum Gasteiger partial charge on any atom is 0.266 e. The largest absolute Gasteiger partial charge is 0.268 e. The van der Waals surface area contributed by atoms with E-state index in [2.05, 4.69) is 0 Å². The SMILES string of the molecule is Cc1ccc(N2C(=O)c3ccccc3C2=O)c(N2C(=O)c3ccccc3C2=O)c1. The number of hydrogen-bond acceptors (Lipinski definition) is 4. The molecule has 140 valence electrons. The lowest BCUT2D eigenvalue weighted by Crippen LogP contribution is -2.35. The van der Waals surface area contributed by atoms with Crippen molar-refractivity contribution < 1.29 is 19.2 Å². The molecular weight excluding hydrogens is 368 g/mol. The first-order valence-electron chi connectivity index (χ1n) is 9.05. The van der Waals surface area contributed by atoms with Gasteiger partial charge in [-0.05, 0) is 48.9 Å². The van der Waals surface area contributed by atoms with Gasteiger partial charge in [-0.15, -0.1) is 0 Å². The molecule has 0 bridgehead atoms. The number of nitrogens with zero attached hydrogens (tertiary/aromatic N) is 2. The highest BCUT2D eigenvalue weighted by atomic mass is 16.2. The van der Waals surface area contributed by atoms with Crippen molar-refractivity contribution in [1.29, 1.82) is 0 Å². The van der Waals surface area contributed by atoms with Crippen molar-refractivity contribution in [3.8, 4) is 0 Å². The Morgan fingerprint density at radius 2 is 0.897 bits per heavy atom. The predicted molar refractivity (Wildman–Crippen MR) is 106 cm³/mol. The molecule has 0 saturated heterocycles. The topological polar surface area (TPSA) is 74.8 Å². The summed E-state index contributed by atoms with van der Waals surface area (Å²) in [5.41, 5.74) is 2.40. The van der Waals surface area contributed by atoms with E-state index in [4.69, 9.17) is 0 Å². The second kappa shape index (κ2) is 5.97. The number of fused-ring (bicyclic) bond motifs is 2. The second-order valence-corrected chi connectivity index (χ2v) is 6.97. The molecule has 4 amide bonds. The minimum Gasteiger partial charge on any atom is -0.268 e. The molecule has 3 aromatic rings. The van der Waals surface area contributed by atoms with E-state index in [-0.39, 0.29) is 11.4 Å². The lowest BCUT2D eigenvalue weighted by atomic mass is 10.1. The fourth-order valence-electron chi connectivity index (χ4n) is 3.82. The van der Waals surface area contributed by atoms with Crippen LogP contribution in [-0.2, 0) is 0 Å². The average molecular weight is 382 g/mol. The van der Waals surface area contributed by atoms with Crippen LogP contribution in [0.1, 0.15) is 47.0 Å². The van der Waals surface area contributed by atoms with Gasteiger partial charge in [-0.2, -0.15) is 0 Å². The fraction of sp³-hybridized carbons (Fsp3) is 0.0435. The monoisotopic (exact) mass is 382 g/mol. The zero-order chi connectivity index (χ0) is 20.3. The molecule has 0 spiro atoms. The van der Waals surface area contributed by atoms with Crippen LogP contribution in [0, 0.1) is 6.92 Å². The van der Waals surface area contributed by atoms with Crippen LogP contribution >= 0.6 is 0 Å². The van der Waals surface area contributed by atoms with E-state index < -0.39 is 23.6 Å². The zero-order valence-corrected chi connectivity index (χ0v) is 15.4. The fourth-order valence-corrected chi connectivity index (χ4v) is 3.82. The summed E-state index contributed by atoms with van der Waals surface area (Å²) in [5.74, 6) is -1.91. The summed E-state index contributed by atoms with van der Waals surface area (Å²) in [6, 6.07) is 18.1. The van der Waals surface area contributed by atoms with Crippen LogP contribution in [0.15, 0.2) is 66.7 Å². The maximum absolute atomic E-state index is 13.0. The van der Waals surface area contributed by atoms with Crippen molar-refractivity contribution in [3.05, 3.63) is 94.5 Å². The van der Waals surface area contributed by atoms with E-state index in [1.165, 1.54) is 0 Å². The predicted octanol–water partition coefficient (Wildman–Crippen LogP) is 3.60. The number of imide groups is 2. The minimum atomic E-state index is -0.479. The van der Waals surface area contributed by atoms with Gasteiger partial charge in [0.25, 0.3) is 23.6 Å². The van der Waals surface area contributed by atoms with Gasteiger partial charge < -0.3 is 0 Å². The second-order valence-electron chi connectivity index (χ2n) is 6.97. The van der Waals surface area contributed by atoms with Crippen molar-refractivity contribution in [2.45, 2.75) is 6.92 Å². The summed E-state index contributed by atoms with van der Waals surface area (Å²) in [6.45, 7) is 1.81. The first-order chi connectivity index (χ1) is 14.0. The molecule has 0 saturated carbocycles. The van der Waals surface area contributed by atoms with Crippen LogP contribution in [0.25, 0.3) is 0 Å². The quantitative estimate of drug-likeness (QED) is 0.635. The number of carbonyl (C=O) groups excluding carboxylic acids is 4. The van der Waals surface area contributed by atoms with Gasteiger partial charge in [-0.25, -0.2) is 9.80 Å². The van der Waals surface area contributed by atoms with E-state index in [0.717, 1.165) is 15.4 Å². The standard InChI is InChI=1S/C23H14N2O4/c1-13-10-11-18(24-20(26)14-6-2-3-7-15(14)21(24)27)19(12-13)25-22(28)16-8-4-5-9-17(16)23(25)29/h2-12H,1H3. The Hall–Kier alpha value is -4.06. The van der Waals surface area contributed by atoms with Gasteiger partial charge >= 0.3 is 0 Å². The minimum absolute atomic E-state index is 0.205. The molecule has 0 radical (unpaired) electrons. The molecule has 0 N–H and O–H groups in total. The molecule has 0 aromatic heterocycles. The van der Waals surface area contributed by atoms with E-state index in [1.54, 1.807) is 66.7 Å². The van der Waals surface area contributed by atoms with Gasteiger partial charge in [-0.3, -0.25) is 19.2 Å². The normalized spacial score (nSPS) is 15.2. The first-order valence-corrected chi connectivity index (χ1v) is 9.05. The van der Waals surface area contributed by atoms with Gasteiger partial charge in [0.15, 0.2) is 0 Å². The molecule has 3 aromatic carbocycles. The van der Waals surface area contributed by atoms with Gasteiger partial charge in [0, 0.05) is 0 Å². The number of hydrogen-bond donors (Lipinski definition) is 0.